The van der Waals surface area contributed by atoms with Crippen molar-refractivity contribution < 1.29 is 24.5 Å². The van der Waals surface area contributed by atoms with Crippen molar-refractivity contribution in [1.29, 1.82) is 0 Å². The van der Waals surface area contributed by atoms with Crippen LogP contribution in [0.15, 0.2) is 36.5 Å². The molecule has 0 aliphatic carbocycles. The number of hydrogen-bond acceptors (Lipinski definition) is 5. The van der Waals surface area contributed by atoms with Crippen LogP contribution in [-0.4, -0.2) is 47.4 Å². The lowest BCUT2D eigenvalue weighted by atomic mass is 10.1. The molecule has 0 heterocycles. The van der Waals surface area contributed by atoms with Gasteiger partial charge < -0.3 is 20.3 Å². The molecule has 56 heavy (non-hydrogen) atoms. The van der Waals surface area contributed by atoms with Crippen molar-refractivity contribution in [2.75, 3.05) is 13.2 Å². The minimum Gasteiger partial charge on any atom is -0.466 e. The quantitative estimate of drug-likeness (QED) is 0.0325. The Morgan fingerprint density at radius 2 is 0.857 bits per heavy atom. The molecular formula is C50H93NO5. The maximum absolute atomic E-state index is 12.4. The van der Waals surface area contributed by atoms with Gasteiger partial charge in [0.25, 0.3) is 0 Å². The molecule has 6 heteroatoms. The molecule has 0 saturated heterocycles. The lowest BCUT2D eigenvalue weighted by molar-refractivity contribution is -0.143. The van der Waals surface area contributed by atoms with E-state index < -0.39 is 12.1 Å². The number of carbonyl (C=O) groups excluding carboxylic acids is 2. The lowest BCUT2D eigenvalue weighted by Crippen LogP contribution is -2.45. The van der Waals surface area contributed by atoms with Crippen molar-refractivity contribution in [2.45, 2.75) is 257 Å². The summed E-state index contributed by atoms with van der Waals surface area (Å²) >= 11 is 0. The molecule has 0 aliphatic heterocycles. The number of allylic oxidation sites excluding steroid dienone is 5. The number of ether oxygens (including phenoxy) is 1. The number of aliphatic hydroxyl groups excluding tert-OH is 2. The number of nitrogens with one attached hydrogen (secondary N) is 1. The van der Waals surface area contributed by atoms with E-state index in [-0.39, 0.29) is 18.5 Å². The molecule has 0 aliphatic rings. The molecule has 0 bridgehead atoms. The van der Waals surface area contributed by atoms with Gasteiger partial charge in [0.15, 0.2) is 0 Å². The third-order valence-electron chi connectivity index (χ3n) is 10.9. The van der Waals surface area contributed by atoms with Gasteiger partial charge in [-0.3, -0.25) is 9.59 Å². The maximum atomic E-state index is 12.4. The van der Waals surface area contributed by atoms with E-state index in [1.807, 2.05) is 6.08 Å². The van der Waals surface area contributed by atoms with E-state index in [0.29, 0.717) is 19.4 Å². The molecule has 0 aromatic heterocycles. The zero-order valence-electron chi connectivity index (χ0n) is 37.1. The van der Waals surface area contributed by atoms with Gasteiger partial charge in [-0.2, -0.15) is 0 Å². The van der Waals surface area contributed by atoms with E-state index in [0.717, 1.165) is 57.8 Å². The second-order valence-corrected chi connectivity index (χ2v) is 16.4. The first kappa shape index (κ1) is 54.1. The average Bonchev–Trinajstić information content (AvgIpc) is 3.20. The number of rotatable bonds is 44. The van der Waals surface area contributed by atoms with Gasteiger partial charge in [-0.1, -0.05) is 192 Å². The molecular weight excluding hydrogens is 695 g/mol. The zero-order valence-corrected chi connectivity index (χ0v) is 37.1. The summed E-state index contributed by atoms with van der Waals surface area (Å²) in [5.74, 6) is -0.0978. The van der Waals surface area contributed by atoms with Crippen LogP contribution < -0.4 is 5.32 Å². The van der Waals surface area contributed by atoms with Crippen LogP contribution in [-0.2, 0) is 14.3 Å². The number of aliphatic hydroxyl groups is 2. The SMILES string of the molecule is CCCC/C=C\CCCCCCCC(=O)OCCCCCCCC/C=C\CCCCCCCCCC(=O)NC(CO)C(O)/C=C/CCCCCCCCCCC. The summed E-state index contributed by atoms with van der Waals surface area (Å²) in [6.45, 7) is 4.81. The zero-order chi connectivity index (χ0) is 40.8. The van der Waals surface area contributed by atoms with Crippen molar-refractivity contribution in [1.82, 2.24) is 5.32 Å². The molecule has 0 radical (unpaired) electrons. The maximum Gasteiger partial charge on any atom is 0.305 e. The van der Waals surface area contributed by atoms with Crippen LogP contribution in [0.25, 0.3) is 0 Å². The number of amides is 1. The van der Waals surface area contributed by atoms with Gasteiger partial charge >= 0.3 is 5.97 Å². The van der Waals surface area contributed by atoms with E-state index in [4.69, 9.17) is 4.74 Å². The third-order valence-corrected chi connectivity index (χ3v) is 10.9. The molecule has 0 aromatic carbocycles. The highest BCUT2D eigenvalue weighted by molar-refractivity contribution is 5.76. The summed E-state index contributed by atoms with van der Waals surface area (Å²) in [5, 5.41) is 22.9. The van der Waals surface area contributed by atoms with E-state index in [1.54, 1.807) is 6.08 Å². The van der Waals surface area contributed by atoms with Gasteiger partial charge in [0.2, 0.25) is 5.91 Å². The highest BCUT2D eigenvalue weighted by atomic mass is 16.5. The van der Waals surface area contributed by atoms with Crippen LogP contribution in [0, 0.1) is 0 Å². The molecule has 3 N–H and O–H groups in total. The normalized spacial score (nSPS) is 13.0. The van der Waals surface area contributed by atoms with Crippen LogP contribution in [0.4, 0.5) is 0 Å². The highest BCUT2D eigenvalue weighted by Gasteiger charge is 2.18. The van der Waals surface area contributed by atoms with Crippen molar-refractivity contribution in [3.63, 3.8) is 0 Å². The van der Waals surface area contributed by atoms with Crippen LogP contribution in [0.1, 0.15) is 245 Å². The van der Waals surface area contributed by atoms with Crippen molar-refractivity contribution >= 4 is 11.9 Å². The fourth-order valence-corrected chi connectivity index (χ4v) is 7.08. The molecule has 1 amide bonds. The summed E-state index contributed by atoms with van der Waals surface area (Å²) in [6.07, 6.45) is 54.2. The number of carbonyl (C=O) groups is 2. The molecule has 2 unspecified atom stereocenters. The molecule has 2 atom stereocenters. The van der Waals surface area contributed by atoms with Gasteiger partial charge in [0.05, 0.1) is 25.4 Å². The average molecular weight is 788 g/mol. The van der Waals surface area contributed by atoms with Crippen molar-refractivity contribution in [3.8, 4) is 0 Å². The van der Waals surface area contributed by atoms with E-state index in [2.05, 4.69) is 43.5 Å². The predicted molar refractivity (Wildman–Crippen MR) is 241 cm³/mol. The van der Waals surface area contributed by atoms with Crippen LogP contribution in [0.3, 0.4) is 0 Å². The Morgan fingerprint density at radius 3 is 1.32 bits per heavy atom. The largest absolute Gasteiger partial charge is 0.466 e. The minimum absolute atomic E-state index is 0.0149. The smallest absolute Gasteiger partial charge is 0.305 e. The summed E-state index contributed by atoms with van der Waals surface area (Å²) in [5.41, 5.74) is 0. The molecule has 0 saturated carbocycles. The molecule has 0 spiro atoms. The minimum atomic E-state index is -0.850. The first-order valence-electron chi connectivity index (χ1n) is 24.3. The first-order valence-corrected chi connectivity index (χ1v) is 24.3. The van der Waals surface area contributed by atoms with Gasteiger partial charge in [-0.15, -0.1) is 0 Å². The van der Waals surface area contributed by atoms with Crippen LogP contribution in [0.5, 0.6) is 0 Å². The summed E-state index contributed by atoms with van der Waals surface area (Å²) in [4.78, 5) is 24.3. The number of esters is 1. The van der Waals surface area contributed by atoms with Gasteiger partial charge in [-0.25, -0.2) is 0 Å². The van der Waals surface area contributed by atoms with Gasteiger partial charge in [0, 0.05) is 12.8 Å². The summed E-state index contributed by atoms with van der Waals surface area (Å²) in [7, 11) is 0. The Bertz CT molecular complexity index is 915. The van der Waals surface area contributed by atoms with Crippen molar-refractivity contribution in [2.24, 2.45) is 0 Å². The molecule has 0 rings (SSSR count). The second-order valence-electron chi connectivity index (χ2n) is 16.4. The Morgan fingerprint density at radius 1 is 0.482 bits per heavy atom. The first-order chi connectivity index (χ1) is 27.5. The standard InChI is InChI=1S/C50H93NO5/c1-3-5-7-9-11-13-22-26-30-34-38-42-48(53)47(46-52)51-49(54)43-39-35-31-27-24-20-18-16-15-17-19-21-25-29-33-37-41-45-56-50(55)44-40-36-32-28-23-14-12-10-8-6-4-2/h10,12,15,17,38,42,47-48,52-53H,3-9,11,13-14,16,18-37,39-41,43-46H2,1-2H3,(H,51,54)/b12-10-,17-15-,42-38+. The van der Waals surface area contributed by atoms with E-state index >= 15 is 0 Å². The van der Waals surface area contributed by atoms with E-state index in [9.17, 15) is 19.8 Å². The van der Waals surface area contributed by atoms with Gasteiger partial charge in [0.1, 0.15) is 0 Å². The topological polar surface area (TPSA) is 95.9 Å². The molecule has 0 aromatic rings. The van der Waals surface area contributed by atoms with Gasteiger partial charge in [-0.05, 0) is 77.0 Å². The Labute approximate surface area is 347 Å². The molecule has 0 fully saturated rings. The Hall–Kier alpha value is -1.92. The van der Waals surface area contributed by atoms with Crippen LogP contribution in [0.2, 0.25) is 0 Å². The summed E-state index contributed by atoms with van der Waals surface area (Å²) < 4.78 is 5.43. The van der Waals surface area contributed by atoms with Crippen molar-refractivity contribution in [3.05, 3.63) is 36.5 Å². The highest BCUT2D eigenvalue weighted by Crippen LogP contribution is 2.14. The fraction of sp³-hybridized carbons (Fsp3) is 0.840. The van der Waals surface area contributed by atoms with E-state index in [1.165, 1.54) is 161 Å². The summed E-state index contributed by atoms with van der Waals surface area (Å²) in [6, 6.07) is -0.635. The lowest BCUT2D eigenvalue weighted by Gasteiger charge is -2.20. The van der Waals surface area contributed by atoms with Crippen LogP contribution >= 0.6 is 0 Å². The molecule has 328 valence electrons. The Balaban J connectivity index is 3.50. The Kier molecular flexibility index (Phi) is 44.2. The second kappa shape index (κ2) is 45.8. The predicted octanol–water partition coefficient (Wildman–Crippen LogP) is 14.1. The monoisotopic (exact) mass is 788 g/mol. The number of unbranched alkanes of at least 4 members (excludes halogenated alkanes) is 29. The number of hydrogen-bond donors (Lipinski definition) is 3. The third kappa shape index (κ3) is 41.7. The molecule has 6 nitrogen and oxygen atoms in total. The fourth-order valence-electron chi connectivity index (χ4n) is 7.08.